The Kier molecular flexibility index (Phi) is 11.4. The van der Waals surface area contributed by atoms with Crippen LogP contribution in [-0.4, -0.2) is 79.8 Å². The lowest BCUT2D eigenvalue weighted by Crippen LogP contribution is -2.59. The van der Waals surface area contributed by atoms with E-state index in [0.29, 0.717) is 5.69 Å². The maximum absolute atomic E-state index is 12.8. The van der Waals surface area contributed by atoms with Crippen molar-refractivity contribution in [3.63, 3.8) is 0 Å². The standard InChI is InChI=1S/C19H30N6O7S/c1-9(2)15(25-16(28)11(20)3-4-14(26)27)18(30)24-13(7-33)17(29)23-12(19(31)32)5-10-6-21-8-22-10/h6,8-9,11-13,15,33H,3-5,7,20H2,1-2H3,(H,21,22)(H,23,29)(H,24,30)(H,25,28)(H,26,27)(H,31,32). The summed E-state index contributed by atoms with van der Waals surface area (Å²) in [5.74, 6) is -5.07. The molecule has 0 spiro atoms. The van der Waals surface area contributed by atoms with Gasteiger partial charge in [-0.15, -0.1) is 0 Å². The van der Waals surface area contributed by atoms with Gasteiger partial charge in [-0.25, -0.2) is 9.78 Å². The molecule has 4 unspecified atom stereocenters. The van der Waals surface area contributed by atoms with Crippen LogP contribution in [0.5, 0.6) is 0 Å². The molecule has 0 saturated carbocycles. The lowest BCUT2D eigenvalue weighted by molar-refractivity contribution is -0.142. The van der Waals surface area contributed by atoms with Gasteiger partial charge < -0.3 is 36.9 Å². The number of amides is 3. The Morgan fingerprint density at radius 3 is 2.18 bits per heavy atom. The highest BCUT2D eigenvalue weighted by Gasteiger charge is 2.31. The number of rotatable bonds is 14. The zero-order valence-corrected chi connectivity index (χ0v) is 19.2. The number of carboxylic acids is 2. The Morgan fingerprint density at radius 1 is 1.06 bits per heavy atom. The van der Waals surface area contributed by atoms with Crippen molar-refractivity contribution in [3.05, 3.63) is 18.2 Å². The van der Waals surface area contributed by atoms with Gasteiger partial charge in [-0.3, -0.25) is 19.2 Å². The number of aromatic nitrogens is 2. The molecule has 0 fully saturated rings. The van der Waals surface area contributed by atoms with Crippen LogP contribution in [0.4, 0.5) is 0 Å². The third kappa shape index (κ3) is 9.49. The van der Waals surface area contributed by atoms with E-state index >= 15 is 0 Å². The van der Waals surface area contributed by atoms with Crippen molar-refractivity contribution < 1.29 is 34.2 Å². The summed E-state index contributed by atoms with van der Waals surface area (Å²) in [7, 11) is 0. The fourth-order valence-electron chi connectivity index (χ4n) is 2.75. The van der Waals surface area contributed by atoms with Crippen LogP contribution in [0.2, 0.25) is 0 Å². The number of aliphatic carboxylic acids is 2. The van der Waals surface area contributed by atoms with Gasteiger partial charge in [0.1, 0.15) is 18.1 Å². The smallest absolute Gasteiger partial charge is 0.326 e. The number of carboxylic acid groups (broad SMARTS) is 2. The van der Waals surface area contributed by atoms with Crippen LogP contribution >= 0.6 is 12.6 Å². The van der Waals surface area contributed by atoms with Crippen LogP contribution in [0, 0.1) is 5.92 Å². The summed E-state index contributed by atoms with van der Waals surface area (Å²) >= 11 is 4.06. The summed E-state index contributed by atoms with van der Waals surface area (Å²) < 4.78 is 0. The predicted molar refractivity (Wildman–Crippen MR) is 119 cm³/mol. The van der Waals surface area contributed by atoms with Crippen molar-refractivity contribution >= 4 is 42.3 Å². The number of nitrogens with zero attached hydrogens (tertiary/aromatic N) is 1. The number of nitrogens with two attached hydrogens (primary N) is 1. The van der Waals surface area contributed by atoms with Gasteiger partial charge >= 0.3 is 11.9 Å². The molecule has 4 atom stereocenters. The Labute approximate surface area is 195 Å². The van der Waals surface area contributed by atoms with Gasteiger partial charge in [-0.05, 0) is 12.3 Å². The molecule has 0 bridgehead atoms. The highest BCUT2D eigenvalue weighted by molar-refractivity contribution is 7.80. The number of hydrogen-bond donors (Lipinski definition) is 8. The van der Waals surface area contributed by atoms with Crippen molar-refractivity contribution in [3.8, 4) is 0 Å². The van der Waals surface area contributed by atoms with E-state index in [1.54, 1.807) is 13.8 Å². The van der Waals surface area contributed by atoms with Crippen LogP contribution in [-0.2, 0) is 30.4 Å². The van der Waals surface area contributed by atoms with Crippen LogP contribution in [0.25, 0.3) is 0 Å². The second kappa shape index (κ2) is 13.4. The SMILES string of the molecule is CC(C)C(NC(=O)C(N)CCC(=O)O)C(=O)NC(CS)C(=O)NC(Cc1cnc[nH]1)C(=O)O. The first-order valence-electron chi connectivity index (χ1n) is 10.2. The fourth-order valence-corrected chi connectivity index (χ4v) is 3.01. The van der Waals surface area contributed by atoms with Gasteiger partial charge in [-0.2, -0.15) is 12.6 Å². The molecule has 33 heavy (non-hydrogen) atoms. The number of imidazole rings is 1. The van der Waals surface area contributed by atoms with Gasteiger partial charge in [0, 0.05) is 30.5 Å². The Morgan fingerprint density at radius 2 is 1.70 bits per heavy atom. The molecule has 0 aromatic carbocycles. The number of hydrogen-bond acceptors (Lipinski definition) is 8. The molecule has 3 amide bonds. The summed E-state index contributed by atoms with van der Waals surface area (Å²) in [4.78, 5) is 66.3. The second-order valence-corrected chi connectivity index (χ2v) is 8.06. The van der Waals surface area contributed by atoms with Gasteiger partial charge in [0.25, 0.3) is 0 Å². The maximum Gasteiger partial charge on any atom is 0.326 e. The monoisotopic (exact) mass is 486 g/mol. The molecule has 1 rings (SSSR count). The zero-order valence-electron chi connectivity index (χ0n) is 18.3. The molecule has 8 N–H and O–H groups in total. The number of carbonyl (C=O) groups excluding carboxylic acids is 3. The van der Waals surface area contributed by atoms with E-state index in [-0.39, 0.29) is 25.0 Å². The molecule has 0 aliphatic carbocycles. The van der Waals surface area contributed by atoms with E-state index in [1.807, 2.05) is 0 Å². The molecule has 0 aliphatic rings. The Balaban J connectivity index is 2.78. The largest absolute Gasteiger partial charge is 0.481 e. The summed E-state index contributed by atoms with van der Waals surface area (Å²) in [6.07, 6.45) is 2.34. The van der Waals surface area contributed by atoms with Crippen LogP contribution in [0.1, 0.15) is 32.4 Å². The minimum Gasteiger partial charge on any atom is -0.481 e. The molecule has 0 saturated heterocycles. The van der Waals surface area contributed by atoms with Crippen molar-refractivity contribution in [2.24, 2.45) is 11.7 Å². The minimum atomic E-state index is -1.27. The first-order valence-corrected chi connectivity index (χ1v) is 10.8. The van der Waals surface area contributed by atoms with E-state index in [1.165, 1.54) is 12.5 Å². The molecule has 1 aromatic heterocycles. The van der Waals surface area contributed by atoms with Crippen LogP contribution < -0.4 is 21.7 Å². The zero-order chi connectivity index (χ0) is 25.1. The van der Waals surface area contributed by atoms with Gasteiger partial charge in [0.05, 0.1) is 12.4 Å². The van der Waals surface area contributed by atoms with Crippen molar-refractivity contribution in [2.45, 2.75) is 57.3 Å². The van der Waals surface area contributed by atoms with Crippen molar-refractivity contribution in [1.29, 1.82) is 0 Å². The lowest BCUT2D eigenvalue weighted by Gasteiger charge is -2.26. The first kappa shape index (κ1) is 27.9. The molecule has 13 nitrogen and oxygen atoms in total. The third-order valence-corrected chi connectivity index (χ3v) is 5.03. The normalized spacial score (nSPS) is 14.6. The molecular formula is C19H30N6O7S. The number of nitrogens with one attached hydrogen (secondary N) is 4. The predicted octanol–water partition coefficient (Wildman–Crippen LogP) is -1.73. The van der Waals surface area contributed by atoms with Gasteiger partial charge in [0.15, 0.2) is 0 Å². The highest BCUT2D eigenvalue weighted by Crippen LogP contribution is 2.06. The second-order valence-electron chi connectivity index (χ2n) is 7.69. The number of H-pyrrole nitrogens is 1. The summed E-state index contributed by atoms with van der Waals surface area (Å²) in [6.45, 7) is 3.32. The Bertz CT molecular complexity index is 833. The van der Waals surface area contributed by atoms with E-state index in [9.17, 15) is 29.1 Å². The van der Waals surface area contributed by atoms with E-state index in [4.69, 9.17) is 10.8 Å². The van der Waals surface area contributed by atoms with Gasteiger partial charge in [0.2, 0.25) is 17.7 Å². The molecular weight excluding hydrogens is 456 g/mol. The first-order chi connectivity index (χ1) is 15.5. The van der Waals surface area contributed by atoms with Gasteiger partial charge in [-0.1, -0.05) is 13.8 Å². The topological polar surface area (TPSA) is 217 Å². The molecule has 0 aliphatic heterocycles. The lowest BCUT2D eigenvalue weighted by atomic mass is 10.0. The summed E-state index contributed by atoms with van der Waals surface area (Å²) in [5, 5.41) is 25.4. The average Bonchev–Trinajstić information content (AvgIpc) is 3.25. The van der Waals surface area contributed by atoms with Crippen LogP contribution in [0.15, 0.2) is 12.5 Å². The molecule has 1 aromatic rings. The average molecular weight is 487 g/mol. The van der Waals surface area contributed by atoms with E-state index in [0.717, 1.165) is 0 Å². The molecule has 0 radical (unpaired) electrons. The van der Waals surface area contributed by atoms with E-state index in [2.05, 4.69) is 38.5 Å². The summed E-state index contributed by atoms with van der Waals surface area (Å²) in [6, 6.07) is -4.64. The number of thiol groups is 1. The maximum atomic E-state index is 12.8. The molecule has 14 heteroatoms. The quantitative estimate of drug-likeness (QED) is 0.140. The van der Waals surface area contributed by atoms with Crippen LogP contribution in [0.3, 0.4) is 0 Å². The van der Waals surface area contributed by atoms with Crippen molar-refractivity contribution in [2.75, 3.05) is 5.75 Å². The molecule has 184 valence electrons. The Hall–Kier alpha value is -3.13. The minimum absolute atomic E-state index is 0.0484. The number of aromatic amines is 1. The fraction of sp³-hybridized carbons (Fsp3) is 0.579. The summed E-state index contributed by atoms with van der Waals surface area (Å²) in [5.41, 5.74) is 6.18. The van der Waals surface area contributed by atoms with E-state index < -0.39 is 59.7 Å². The highest BCUT2D eigenvalue weighted by atomic mass is 32.1. The number of carbonyl (C=O) groups is 5. The third-order valence-electron chi connectivity index (χ3n) is 4.66. The molecule has 1 heterocycles. The van der Waals surface area contributed by atoms with Crippen molar-refractivity contribution in [1.82, 2.24) is 25.9 Å².